The van der Waals surface area contributed by atoms with Crippen LogP contribution >= 0.6 is 0 Å². The van der Waals surface area contributed by atoms with Gasteiger partial charge in [-0.15, -0.1) is 10.2 Å². The third-order valence-electron chi connectivity index (χ3n) is 2.18. The lowest BCUT2D eigenvalue weighted by atomic mass is 10.4. The van der Waals surface area contributed by atoms with E-state index in [0.717, 1.165) is 11.0 Å². The van der Waals surface area contributed by atoms with E-state index in [1.165, 1.54) is 6.33 Å². The highest BCUT2D eigenvalue weighted by Gasteiger charge is 2.07. The molecule has 3 aromatic heterocycles. The molecule has 0 unspecified atom stereocenters. The zero-order valence-corrected chi connectivity index (χ0v) is 8.44. The summed E-state index contributed by atoms with van der Waals surface area (Å²) < 4.78 is 3.29. The zero-order valence-electron chi connectivity index (χ0n) is 8.44. The summed E-state index contributed by atoms with van der Waals surface area (Å²) in [7, 11) is 1.83. The van der Waals surface area contributed by atoms with Gasteiger partial charge in [0.25, 0.3) is 0 Å². The molecule has 0 aromatic carbocycles. The van der Waals surface area contributed by atoms with Crippen LogP contribution < -0.4 is 5.43 Å². The Morgan fingerprint density at radius 1 is 1.19 bits per heavy atom. The second kappa shape index (κ2) is 3.26. The van der Waals surface area contributed by atoms with Crippen molar-refractivity contribution in [3.63, 3.8) is 0 Å². The molecule has 8 heteroatoms. The molecule has 0 fully saturated rings. The van der Waals surface area contributed by atoms with Gasteiger partial charge in [0, 0.05) is 7.05 Å². The van der Waals surface area contributed by atoms with Crippen LogP contribution in [0.2, 0.25) is 0 Å². The Bertz CT molecular complexity index is 610. The molecular formula is C8H8N8. The Morgan fingerprint density at radius 2 is 2.00 bits per heavy atom. The SMILES string of the molecule is Cn1ncc2c(Nn3cnnc3)ncnc21. The number of anilines is 1. The van der Waals surface area contributed by atoms with Gasteiger partial charge in [-0.25, -0.2) is 14.6 Å². The second-order valence-electron chi connectivity index (χ2n) is 3.21. The standard InChI is InChI=1S/C8H8N8/c1-15-8-6(2-13-15)7(9-3-10-8)14-16-4-11-12-5-16/h2-5H,1H3,(H,9,10,14). The van der Waals surface area contributed by atoms with E-state index in [0.29, 0.717) is 5.82 Å². The molecule has 0 amide bonds. The van der Waals surface area contributed by atoms with E-state index in [9.17, 15) is 0 Å². The van der Waals surface area contributed by atoms with Crippen molar-refractivity contribution in [1.82, 2.24) is 34.6 Å². The fourth-order valence-electron chi connectivity index (χ4n) is 1.43. The molecule has 0 saturated carbocycles. The minimum absolute atomic E-state index is 0.665. The van der Waals surface area contributed by atoms with Gasteiger partial charge in [-0.3, -0.25) is 10.1 Å². The zero-order chi connectivity index (χ0) is 11.0. The Kier molecular flexibility index (Phi) is 1.79. The highest BCUT2D eigenvalue weighted by atomic mass is 15.5. The van der Waals surface area contributed by atoms with Gasteiger partial charge < -0.3 is 0 Å². The third-order valence-corrected chi connectivity index (χ3v) is 2.18. The first-order valence-electron chi connectivity index (χ1n) is 4.59. The molecule has 0 atom stereocenters. The van der Waals surface area contributed by atoms with Gasteiger partial charge in [-0.05, 0) is 0 Å². The van der Waals surface area contributed by atoms with E-state index in [-0.39, 0.29) is 0 Å². The van der Waals surface area contributed by atoms with Crippen LogP contribution in [0.15, 0.2) is 25.2 Å². The summed E-state index contributed by atoms with van der Waals surface area (Å²) in [5.74, 6) is 0.665. The van der Waals surface area contributed by atoms with Gasteiger partial charge in [0.2, 0.25) is 0 Å². The van der Waals surface area contributed by atoms with E-state index in [1.54, 1.807) is 28.2 Å². The van der Waals surface area contributed by atoms with Gasteiger partial charge in [0.15, 0.2) is 11.5 Å². The van der Waals surface area contributed by atoms with Crippen molar-refractivity contribution in [2.45, 2.75) is 0 Å². The number of aryl methyl sites for hydroxylation is 1. The smallest absolute Gasteiger partial charge is 0.163 e. The Hall–Kier alpha value is -2.51. The average molecular weight is 216 g/mol. The summed E-state index contributed by atoms with van der Waals surface area (Å²) in [6.45, 7) is 0. The van der Waals surface area contributed by atoms with E-state index >= 15 is 0 Å². The fourth-order valence-corrected chi connectivity index (χ4v) is 1.43. The van der Waals surface area contributed by atoms with Crippen LogP contribution in [0.3, 0.4) is 0 Å². The first-order valence-corrected chi connectivity index (χ1v) is 4.59. The molecule has 1 N–H and O–H groups in total. The number of hydrogen-bond acceptors (Lipinski definition) is 6. The molecule has 80 valence electrons. The number of hydrogen-bond donors (Lipinski definition) is 1. The normalized spacial score (nSPS) is 10.8. The quantitative estimate of drug-likeness (QED) is 0.640. The van der Waals surface area contributed by atoms with Crippen molar-refractivity contribution in [3.8, 4) is 0 Å². The van der Waals surface area contributed by atoms with Crippen LogP contribution in [-0.2, 0) is 7.05 Å². The number of fused-ring (bicyclic) bond motifs is 1. The molecule has 8 nitrogen and oxygen atoms in total. The third kappa shape index (κ3) is 1.28. The molecule has 0 aliphatic carbocycles. The molecule has 0 aliphatic rings. The van der Waals surface area contributed by atoms with E-state index in [4.69, 9.17) is 0 Å². The van der Waals surface area contributed by atoms with Gasteiger partial charge in [0.1, 0.15) is 19.0 Å². The Morgan fingerprint density at radius 3 is 2.81 bits per heavy atom. The summed E-state index contributed by atoms with van der Waals surface area (Å²) in [4.78, 5) is 8.28. The first kappa shape index (κ1) is 8.77. The molecular weight excluding hydrogens is 208 g/mol. The van der Waals surface area contributed by atoms with Gasteiger partial charge in [0.05, 0.1) is 11.6 Å². The van der Waals surface area contributed by atoms with Gasteiger partial charge in [-0.2, -0.15) is 5.10 Å². The summed E-state index contributed by atoms with van der Waals surface area (Å²) >= 11 is 0. The van der Waals surface area contributed by atoms with Crippen LogP contribution in [0, 0.1) is 0 Å². The minimum Gasteiger partial charge on any atom is -0.274 e. The topological polar surface area (TPSA) is 86.3 Å². The van der Waals surface area contributed by atoms with Crippen molar-refractivity contribution in [3.05, 3.63) is 25.2 Å². The predicted molar refractivity (Wildman–Crippen MR) is 55.3 cm³/mol. The molecule has 3 rings (SSSR count). The van der Waals surface area contributed by atoms with Crippen molar-refractivity contribution >= 4 is 16.9 Å². The lowest BCUT2D eigenvalue weighted by Crippen LogP contribution is -2.08. The molecule has 0 aliphatic heterocycles. The maximum atomic E-state index is 4.14. The molecule has 3 aromatic rings. The Balaban J connectivity index is 2.10. The summed E-state index contributed by atoms with van der Waals surface area (Å²) in [6.07, 6.45) is 6.29. The number of rotatable bonds is 2. The predicted octanol–water partition coefficient (Wildman–Crippen LogP) is -0.170. The highest BCUT2D eigenvalue weighted by molar-refractivity contribution is 5.85. The van der Waals surface area contributed by atoms with Crippen LogP contribution in [0.25, 0.3) is 11.0 Å². The first-order chi connectivity index (χ1) is 7.84. The summed E-state index contributed by atoms with van der Waals surface area (Å²) in [5, 5.41) is 12.3. The van der Waals surface area contributed by atoms with Crippen LogP contribution in [0.1, 0.15) is 0 Å². The lowest BCUT2D eigenvalue weighted by molar-refractivity contribution is 0.785. The summed E-state index contributed by atoms with van der Waals surface area (Å²) in [6, 6.07) is 0. The highest BCUT2D eigenvalue weighted by Crippen LogP contribution is 2.17. The monoisotopic (exact) mass is 216 g/mol. The maximum Gasteiger partial charge on any atom is 0.163 e. The molecule has 16 heavy (non-hydrogen) atoms. The molecule has 0 saturated heterocycles. The van der Waals surface area contributed by atoms with Crippen LogP contribution in [0.4, 0.5) is 5.82 Å². The largest absolute Gasteiger partial charge is 0.274 e. The van der Waals surface area contributed by atoms with Gasteiger partial charge in [-0.1, -0.05) is 0 Å². The number of nitrogens with zero attached hydrogens (tertiary/aromatic N) is 7. The van der Waals surface area contributed by atoms with E-state index in [1.807, 2.05) is 7.05 Å². The number of aromatic nitrogens is 7. The minimum atomic E-state index is 0.665. The van der Waals surface area contributed by atoms with E-state index < -0.39 is 0 Å². The molecule has 0 bridgehead atoms. The van der Waals surface area contributed by atoms with Gasteiger partial charge >= 0.3 is 0 Å². The lowest BCUT2D eigenvalue weighted by Gasteiger charge is -2.04. The maximum absolute atomic E-state index is 4.14. The fraction of sp³-hybridized carbons (Fsp3) is 0.125. The summed E-state index contributed by atoms with van der Waals surface area (Å²) in [5.41, 5.74) is 3.80. The molecule has 3 heterocycles. The second-order valence-corrected chi connectivity index (χ2v) is 3.21. The van der Waals surface area contributed by atoms with Crippen molar-refractivity contribution in [2.75, 3.05) is 5.43 Å². The van der Waals surface area contributed by atoms with Crippen LogP contribution in [-0.4, -0.2) is 34.6 Å². The molecule has 0 spiro atoms. The number of nitrogens with one attached hydrogen (secondary N) is 1. The van der Waals surface area contributed by atoms with Crippen molar-refractivity contribution in [1.29, 1.82) is 0 Å². The van der Waals surface area contributed by atoms with E-state index in [2.05, 4.69) is 30.7 Å². The van der Waals surface area contributed by atoms with Crippen molar-refractivity contribution < 1.29 is 0 Å². The van der Waals surface area contributed by atoms with Crippen LogP contribution in [0.5, 0.6) is 0 Å². The van der Waals surface area contributed by atoms with Crippen molar-refractivity contribution in [2.24, 2.45) is 7.05 Å². The molecule has 0 radical (unpaired) electrons. The Labute approximate surface area is 89.9 Å². The average Bonchev–Trinajstić information content (AvgIpc) is 2.90.